The van der Waals surface area contributed by atoms with Crippen molar-refractivity contribution >= 4 is 17.7 Å². The third-order valence-corrected chi connectivity index (χ3v) is 4.55. The number of carbonyl (C=O) groups is 1. The fourth-order valence-electron chi connectivity index (χ4n) is 1.97. The van der Waals surface area contributed by atoms with E-state index in [9.17, 15) is 4.79 Å². The second kappa shape index (κ2) is 4.94. The van der Waals surface area contributed by atoms with Crippen LogP contribution in [0.2, 0.25) is 0 Å². The van der Waals surface area contributed by atoms with Gasteiger partial charge in [-0.05, 0) is 16.5 Å². The molecule has 1 aliphatic rings. The van der Waals surface area contributed by atoms with Gasteiger partial charge in [-0.2, -0.15) is 0 Å². The van der Waals surface area contributed by atoms with Gasteiger partial charge in [0.15, 0.2) is 0 Å². The highest BCUT2D eigenvalue weighted by molar-refractivity contribution is 8.01. The van der Waals surface area contributed by atoms with E-state index in [1.807, 2.05) is 0 Å². The molecule has 2 atom stereocenters. The predicted octanol–water partition coefficient (Wildman–Crippen LogP) is 2.77. The van der Waals surface area contributed by atoms with Crippen molar-refractivity contribution in [2.45, 2.75) is 36.8 Å². The lowest BCUT2D eigenvalue weighted by atomic mass is 9.87. The molecule has 0 bridgehead atoms. The standard InChI is InChI=1S/C14H19NO2S/c1-14(2,3)10-6-4-9(5-7-10)12-15-8-11(18-12)13(16)17/h4-7,11-12,15H,8H2,1-3H3,(H,16,17)/t11-,12+/m1/s1. The van der Waals surface area contributed by atoms with Gasteiger partial charge in [-0.1, -0.05) is 45.0 Å². The van der Waals surface area contributed by atoms with E-state index in [0.717, 1.165) is 5.56 Å². The zero-order valence-corrected chi connectivity index (χ0v) is 11.8. The first-order valence-corrected chi connectivity index (χ1v) is 7.04. The van der Waals surface area contributed by atoms with Gasteiger partial charge in [0.05, 0.1) is 5.37 Å². The van der Waals surface area contributed by atoms with Gasteiger partial charge >= 0.3 is 5.97 Å². The molecule has 0 aliphatic carbocycles. The molecule has 0 saturated carbocycles. The van der Waals surface area contributed by atoms with E-state index in [1.54, 1.807) is 0 Å². The Morgan fingerprint density at radius 3 is 2.39 bits per heavy atom. The number of hydrogen-bond acceptors (Lipinski definition) is 3. The summed E-state index contributed by atoms with van der Waals surface area (Å²) < 4.78 is 0. The Morgan fingerprint density at radius 2 is 1.94 bits per heavy atom. The minimum absolute atomic E-state index is 0.0973. The molecule has 98 valence electrons. The molecule has 1 heterocycles. The lowest BCUT2D eigenvalue weighted by Gasteiger charge is -2.20. The summed E-state index contributed by atoms with van der Waals surface area (Å²) in [5.41, 5.74) is 2.60. The number of carboxylic acids is 1. The van der Waals surface area contributed by atoms with Crippen LogP contribution >= 0.6 is 11.8 Å². The number of thioether (sulfide) groups is 1. The van der Waals surface area contributed by atoms with Crippen LogP contribution in [0.5, 0.6) is 0 Å². The van der Waals surface area contributed by atoms with Crippen LogP contribution in [0, 0.1) is 0 Å². The maximum atomic E-state index is 10.9. The Balaban J connectivity index is 2.10. The Kier molecular flexibility index (Phi) is 3.69. The van der Waals surface area contributed by atoms with Crippen molar-refractivity contribution < 1.29 is 9.90 Å². The minimum Gasteiger partial charge on any atom is -0.480 e. The molecular weight excluding hydrogens is 246 g/mol. The lowest BCUT2D eigenvalue weighted by molar-refractivity contribution is -0.136. The largest absolute Gasteiger partial charge is 0.480 e. The van der Waals surface area contributed by atoms with E-state index in [-0.39, 0.29) is 16.0 Å². The number of carboxylic acid groups (broad SMARTS) is 1. The van der Waals surface area contributed by atoms with Gasteiger partial charge in [0.25, 0.3) is 0 Å². The highest BCUT2D eigenvalue weighted by Gasteiger charge is 2.30. The molecule has 1 fully saturated rings. The maximum Gasteiger partial charge on any atom is 0.318 e. The zero-order valence-electron chi connectivity index (χ0n) is 10.9. The van der Waals surface area contributed by atoms with Gasteiger partial charge in [-0.15, -0.1) is 11.8 Å². The van der Waals surface area contributed by atoms with Crippen LogP contribution in [0.1, 0.15) is 37.3 Å². The van der Waals surface area contributed by atoms with Crippen LogP contribution in [-0.4, -0.2) is 22.9 Å². The number of benzene rings is 1. The summed E-state index contributed by atoms with van der Waals surface area (Å²) in [6.45, 7) is 7.09. The first-order chi connectivity index (χ1) is 8.38. The van der Waals surface area contributed by atoms with Crippen molar-refractivity contribution in [2.75, 3.05) is 6.54 Å². The minimum atomic E-state index is -0.735. The summed E-state index contributed by atoms with van der Waals surface area (Å²) in [5.74, 6) is -0.735. The van der Waals surface area contributed by atoms with Gasteiger partial charge in [-0.25, -0.2) is 0 Å². The molecule has 18 heavy (non-hydrogen) atoms. The first kappa shape index (κ1) is 13.4. The Bertz CT molecular complexity index is 436. The molecule has 2 rings (SSSR count). The van der Waals surface area contributed by atoms with Crippen molar-refractivity contribution in [2.24, 2.45) is 0 Å². The van der Waals surface area contributed by atoms with E-state index in [4.69, 9.17) is 5.11 Å². The number of hydrogen-bond donors (Lipinski definition) is 2. The summed E-state index contributed by atoms with van der Waals surface area (Å²) in [6, 6.07) is 8.45. The third kappa shape index (κ3) is 2.87. The highest BCUT2D eigenvalue weighted by Crippen LogP contribution is 2.35. The molecule has 0 spiro atoms. The predicted molar refractivity (Wildman–Crippen MR) is 74.9 cm³/mol. The van der Waals surface area contributed by atoms with E-state index >= 15 is 0 Å². The van der Waals surface area contributed by atoms with Crippen LogP contribution in [-0.2, 0) is 10.2 Å². The summed E-state index contributed by atoms with van der Waals surface area (Å²) >= 11 is 1.47. The third-order valence-electron chi connectivity index (χ3n) is 3.14. The van der Waals surface area contributed by atoms with E-state index in [1.165, 1.54) is 17.3 Å². The van der Waals surface area contributed by atoms with E-state index < -0.39 is 5.97 Å². The fraction of sp³-hybridized carbons (Fsp3) is 0.500. The van der Waals surface area contributed by atoms with Gasteiger partial charge in [0.2, 0.25) is 0 Å². The van der Waals surface area contributed by atoms with Crippen LogP contribution < -0.4 is 5.32 Å². The number of nitrogens with one attached hydrogen (secondary N) is 1. The monoisotopic (exact) mass is 265 g/mol. The molecule has 3 nitrogen and oxygen atoms in total. The summed E-state index contributed by atoms with van der Waals surface area (Å²) in [4.78, 5) is 10.9. The molecule has 0 unspecified atom stereocenters. The van der Waals surface area contributed by atoms with Crippen molar-refractivity contribution in [1.82, 2.24) is 5.32 Å². The molecule has 0 amide bonds. The smallest absolute Gasteiger partial charge is 0.318 e. The van der Waals surface area contributed by atoms with E-state index in [0.29, 0.717) is 6.54 Å². The van der Waals surface area contributed by atoms with Gasteiger partial charge < -0.3 is 5.11 Å². The number of aliphatic carboxylic acids is 1. The van der Waals surface area contributed by atoms with Gasteiger partial charge in [0.1, 0.15) is 5.25 Å². The van der Waals surface area contributed by atoms with Crippen molar-refractivity contribution in [3.05, 3.63) is 35.4 Å². The normalized spacial score (nSPS) is 24.2. The second-order valence-corrected chi connectivity index (χ2v) is 6.94. The van der Waals surface area contributed by atoms with E-state index in [2.05, 4.69) is 50.4 Å². The Hall–Kier alpha value is -1.00. The lowest BCUT2D eigenvalue weighted by Crippen LogP contribution is -2.21. The van der Waals surface area contributed by atoms with Crippen molar-refractivity contribution in [3.8, 4) is 0 Å². The van der Waals surface area contributed by atoms with Gasteiger partial charge in [-0.3, -0.25) is 10.1 Å². The molecule has 0 aromatic heterocycles. The molecule has 1 saturated heterocycles. The molecule has 0 radical (unpaired) electrons. The molecule has 1 aromatic rings. The maximum absolute atomic E-state index is 10.9. The first-order valence-electron chi connectivity index (χ1n) is 6.10. The zero-order chi connectivity index (χ0) is 13.3. The van der Waals surface area contributed by atoms with Crippen LogP contribution in [0.25, 0.3) is 0 Å². The Labute approximate surface area is 112 Å². The summed E-state index contributed by atoms with van der Waals surface area (Å²) in [5, 5.41) is 12.0. The van der Waals surface area contributed by atoms with Crippen LogP contribution in [0.3, 0.4) is 0 Å². The van der Waals surface area contributed by atoms with Crippen LogP contribution in [0.15, 0.2) is 24.3 Å². The fourth-order valence-corrected chi connectivity index (χ4v) is 3.12. The Morgan fingerprint density at radius 1 is 1.33 bits per heavy atom. The highest BCUT2D eigenvalue weighted by atomic mass is 32.2. The average Bonchev–Trinajstić information content (AvgIpc) is 2.77. The van der Waals surface area contributed by atoms with Crippen molar-refractivity contribution in [3.63, 3.8) is 0 Å². The molecular formula is C14H19NO2S. The summed E-state index contributed by atoms with van der Waals surface area (Å²) in [6.07, 6.45) is 0. The second-order valence-electron chi connectivity index (χ2n) is 5.62. The molecule has 1 aromatic carbocycles. The molecule has 1 aliphatic heterocycles. The van der Waals surface area contributed by atoms with Gasteiger partial charge in [0, 0.05) is 6.54 Å². The molecule has 2 N–H and O–H groups in total. The molecule has 4 heteroatoms. The van der Waals surface area contributed by atoms with Crippen molar-refractivity contribution in [1.29, 1.82) is 0 Å². The average molecular weight is 265 g/mol. The summed E-state index contributed by atoms with van der Waals surface area (Å²) in [7, 11) is 0. The SMILES string of the molecule is CC(C)(C)c1ccc([C@H]2NC[C@H](C(=O)O)S2)cc1. The number of rotatable bonds is 2. The van der Waals surface area contributed by atoms with Crippen LogP contribution in [0.4, 0.5) is 0 Å². The quantitative estimate of drug-likeness (QED) is 0.863. The topological polar surface area (TPSA) is 49.3 Å².